The summed E-state index contributed by atoms with van der Waals surface area (Å²) in [5, 5.41) is 0. The SMILES string of the molecule is CCC=CCC1CCN(C(=O)OC(C)(C)C)CC1. The smallest absolute Gasteiger partial charge is 0.410 e. The highest BCUT2D eigenvalue weighted by atomic mass is 16.6. The number of carbonyl (C=O) groups is 1. The van der Waals surface area contributed by atoms with Gasteiger partial charge in [0.05, 0.1) is 0 Å². The van der Waals surface area contributed by atoms with E-state index >= 15 is 0 Å². The van der Waals surface area contributed by atoms with Crippen LogP contribution in [0.15, 0.2) is 12.2 Å². The van der Waals surface area contributed by atoms with Crippen molar-refractivity contribution in [3.8, 4) is 0 Å². The van der Waals surface area contributed by atoms with Gasteiger partial charge in [0.1, 0.15) is 5.60 Å². The minimum absolute atomic E-state index is 0.162. The van der Waals surface area contributed by atoms with Gasteiger partial charge in [-0.25, -0.2) is 4.79 Å². The number of nitrogens with zero attached hydrogens (tertiary/aromatic N) is 1. The first-order chi connectivity index (χ1) is 8.42. The number of amides is 1. The van der Waals surface area contributed by atoms with Gasteiger partial charge in [-0.2, -0.15) is 0 Å². The molecule has 0 saturated carbocycles. The van der Waals surface area contributed by atoms with E-state index in [2.05, 4.69) is 19.1 Å². The van der Waals surface area contributed by atoms with Crippen LogP contribution in [0.5, 0.6) is 0 Å². The molecule has 1 saturated heterocycles. The van der Waals surface area contributed by atoms with Crippen LogP contribution in [0.3, 0.4) is 0 Å². The Labute approximate surface area is 111 Å². The molecule has 1 heterocycles. The molecule has 3 heteroatoms. The van der Waals surface area contributed by atoms with Crippen LogP contribution >= 0.6 is 0 Å². The number of carbonyl (C=O) groups excluding carboxylic acids is 1. The minimum Gasteiger partial charge on any atom is -0.444 e. The summed E-state index contributed by atoms with van der Waals surface area (Å²) in [5.74, 6) is 0.728. The van der Waals surface area contributed by atoms with Crippen molar-refractivity contribution in [3.63, 3.8) is 0 Å². The predicted octanol–water partition coefficient (Wildman–Crippen LogP) is 3.99. The predicted molar refractivity (Wildman–Crippen MR) is 74.6 cm³/mol. The molecule has 1 aliphatic heterocycles. The molecule has 0 spiro atoms. The van der Waals surface area contributed by atoms with Crippen molar-refractivity contribution in [1.29, 1.82) is 0 Å². The quantitative estimate of drug-likeness (QED) is 0.712. The summed E-state index contributed by atoms with van der Waals surface area (Å²) >= 11 is 0. The molecule has 0 aromatic carbocycles. The molecule has 0 aromatic rings. The Bertz CT molecular complexity index is 283. The van der Waals surface area contributed by atoms with E-state index in [1.54, 1.807) is 0 Å². The molecule has 0 atom stereocenters. The highest BCUT2D eigenvalue weighted by molar-refractivity contribution is 5.68. The molecule has 18 heavy (non-hydrogen) atoms. The van der Waals surface area contributed by atoms with Crippen LogP contribution in [0, 0.1) is 5.92 Å². The van der Waals surface area contributed by atoms with Gasteiger partial charge in [0.15, 0.2) is 0 Å². The molecule has 3 nitrogen and oxygen atoms in total. The largest absolute Gasteiger partial charge is 0.444 e. The lowest BCUT2D eigenvalue weighted by Crippen LogP contribution is -2.41. The first-order valence-electron chi connectivity index (χ1n) is 7.05. The highest BCUT2D eigenvalue weighted by Crippen LogP contribution is 2.22. The summed E-state index contributed by atoms with van der Waals surface area (Å²) in [7, 11) is 0. The molecule has 0 radical (unpaired) electrons. The highest BCUT2D eigenvalue weighted by Gasteiger charge is 2.26. The number of hydrogen-bond acceptors (Lipinski definition) is 2. The topological polar surface area (TPSA) is 29.5 Å². The summed E-state index contributed by atoms with van der Waals surface area (Å²) < 4.78 is 5.38. The average molecular weight is 253 g/mol. The van der Waals surface area contributed by atoms with Gasteiger partial charge in [-0.05, 0) is 52.4 Å². The normalized spacial score (nSPS) is 18.3. The van der Waals surface area contributed by atoms with Crippen molar-refractivity contribution in [2.24, 2.45) is 5.92 Å². The fourth-order valence-electron chi connectivity index (χ4n) is 2.13. The number of likely N-dealkylation sites (tertiary alicyclic amines) is 1. The second-order valence-electron chi connectivity index (χ2n) is 6.03. The van der Waals surface area contributed by atoms with E-state index in [1.165, 1.54) is 0 Å². The van der Waals surface area contributed by atoms with Crippen molar-refractivity contribution < 1.29 is 9.53 Å². The van der Waals surface area contributed by atoms with Crippen molar-refractivity contribution in [1.82, 2.24) is 4.90 Å². The first-order valence-corrected chi connectivity index (χ1v) is 7.05. The van der Waals surface area contributed by atoms with E-state index < -0.39 is 5.60 Å². The molecule has 1 amide bonds. The molecule has 1 fully saturated rings. The van der Waals surface area contributed by atoms with E-state index in [1.807, 2.05) is 25.7 Å². The fourth-order valence-corrected chi connectivity index (χ4v) is 2.13. The van der Waals surface area contributed by atoms with Crippen molar-refractivity contribution >= 4 is 6.09 Å². The lowest BCUT2D eigenvalue weighted by Gasteiger charge is -2.33. The third-order valence-electron chi connectivity index (χ3n) is 3.14. The second-order valence-corrected chi connectivity index (χ2v) is 6.03. The third kappa shape index (κ3) is 5.56. The van der Waals surface area contributed by atoms with E-state index in [9.17, 15) is 4.79 Å². The van der Waals surface area contributed by atoms with Crippen LogP contribution in [0.25, 0.3) is 0 Å². The maximum absolute atomic E-state index is 11.9. The summed E-state index contributed by atoms with van der Waals surface area (Å²) in [6.07, 6.45) is 8.77. The van der Waals surface area contributed by atoms with Gasteiger partial charge in [0.2, 0.25) is 0 Å². The maximum Gasteiger partial charge on any atom is 0.410 e. The molecule has 0 N–H and O–H groups in total. The molecule has 1 aliphatic rings. The molecule has 1 rings (SSSR count). The fraction of sp³-hybridized carbons (Fsp3) is 0.800. The summed E-state index contributed by atoms with van der Waals surface area (Å²) in [4.78, 5) is 13.7. The van der Waals surface area contributed by atoms with Crippen molar-refractivity contribution in [2.45, 2.75) is 59.0 Å². The van der Waals surface area contributed by atoms with Gasteiger partial charge < -0.3 is 9.64 Å². The Hall–Kier alpha value is -0.990. The van der Waals surface area contributed by atoms with Crippen LogP contribution in [0.2, 0.25) is 0 Å². The molecule has 0 unspecified atom stereocenters. The van der Waals surface area contributed by atoms with Crippen molar-refractivity contribution in [2.75, 3.05) is 13.1 Å². The third-order valence-corrected chi connectivity index (χ3v) is 3.14. The molecular formula is C15H27NO2. The minimum atomic E-state index is -0.391. The molecule has 0 bridgehead atoms. The maximum atomic E-state index is 11.9. The van der Waals surface area contributed by atoms with Gasteiger partial charge in [-0.3, -0.25) is 0 Å². The van der Waals surface area contributed by atoms with Gasteiger partial charge in [-0.15, -0.1) is 0 Å². The molecule has 0 aliphatic carbocycles. The van der Waals surface area contributed by atoms with Crippen LogP contribution in [-0.2, 0) is 4.74 Å². The molecule has 0 aromatic heterocycles. The summed E-state index contributed by atoms with van der Waals surface area (Å²) in [5.41, 5.74) is -0.391. The van der Waals surface area contributed by atoms with Gasteiger partial charge in [0.25, 0.3) is 0 Å². The summed E-state index contributed by atoms with van der Waals surface area (Å²) in [6, 6.07) is 0. The Morgan fingerprint density at radius 3 is 2.39 bits per heavy atom. The standard InChI is InChI=1S/C15H27NO2/c1-5-6-7-8-13-9-11-16(12-10-13)14(17)18-15(2,3)4/h6-7,13H,5,8-12H2,1-4H3. The van der Waals surface area contributed by atoms with Crippen LogP contribution in [-0.4, -0.2) is 29.7 Å². The summed E-state index contributed by atoms with van der Waals surface area (Å²) in [6.45, 7) is 9.55. The van der Waals surface area contributed by atoms with Crippen molar-refractivity contribution in [3.05, 3.63) is 12.2 Å². The van der Waals surface area contributed by atoms with Crippen LogP contribution < -0.4 is 0 Å². The number of rotatable bonds is 3. The van der Waals surface area contributed by atoms with Gasteiger partial charge in [0, 0.05) is 13.1 Å². The molecule has 104 valence electrons. The first kappa shape index (κ1) is 15.1. The van der Waals surface area contributed by atoms with Gasteiger partial charge in [-0.1, -0.05) is 19.1 Å². The number of ether oxygens (including phenoxy) is 1. The Morgan fingerprint density at radius 1 is 1.28 bits per heavy atom. The Morgan fingerprint density at radius 2 is 1.89 bits per heavy atom. The lowest BCUT2D eigenvalue weighted by atomic mass is 9.93. The number of piperidine rings is 1. The van der Waals surface area contributed by atoms with E-state index in [-0.39, 0.29) is 6.09 Å². The van der Waals surface area contributed by atoms with Gasteiger partial charge >= 0.3 is 6.09 Å². The van der Waals surface area contributed by atoms with Crippen LogP contribution in [0.4, 0.5) is 4.79 Å². The number of allylic oxidation sites excluding steroid dienone is 2. The molecular weight excluding hydrogens is 226 g/mol. The number of hydrogen-bond donors (Lipinski definition) is 0. The zero-order valence-corrected chi connectivity index (χ0v) is 12.2. The van der Waals surface area contributed by atoms with E-state index in [0.29, 0.717) is 0 Å². The zero-order chi connectivity index (χ0) is 13.6. The Balaban J connectivity index is 2.30. The monoisotopic (exact) mass is 253 g/mol. The Kier molecular flexibility index (Phi) is 5.70. The average Bonchev–Trinajstić information content (AvgIpc) is 2.28. The zero-order valence-electron chi connectivity index (χ0n) is 12.2. The van der Waals surface area contributed by atoms with E-state index in [4.69, 9.17) is 4.74 Å². The van der Waals surface area contributed by atoms with E-state index in [0.717, 1.165) is 44.7 Å². The van der Waals surface area contributed by atoms with Crippen LogP contribution in [0.1, 0.15) is 53.4 Å². The second kappa shape index (κ2) is 6.81. The lowest BCUT2D eigenvalue weighted by molar-refractivity contribution is 0.0185.